The van der Waals surface area contributed by atoms with Gasteiger partial charge in [-0.3, -0.25) is 4.79 Å². The number of benzene rings is 1. The molecule has 0 atom stereocenters. The Balaban J connectivity index is 1.81. The topological polar surface area (TPSA) is 62.5 Å². The molecule has 1 aromatic heterocycles. The summed E-state index contributed by atoms with van der Waals surface area (Å²) in [4.78, 5) is 25.9. The molecule has 28 heavy (non-hydrogen) atoms. The molecule has 5 nitrogen and oxygen atoms in total. The fourth-order valence-corrected chi connectivity index (χ4v) is 5.42. The largest absolute Gasteiger partial charge is 0.477 e. The molecule has 1 saturated heterocycles. The number of pyridine rings is 1. The van der Waals surface area contributed by atoms with Gasteiger partial charge in [0.15, 0.2) is 0 Å². The van der Waals surface area contributed by atoms with Gasteiger partial charge in [0.25, 0.3) is 0 Å². The Labute approximate surface area is 167 Å². The monoisotopic (exact) mass is 406 g/mol. The van der Waals surface area contributed by atoms with Crippen LogP contribution in [0, 0.1) is 11.2 Å². The van der Waals surface area contributed by atoms with Gasteiger partial charge in [-0.1, -0.05) is 24.4 Å². The van der Waals surface area contributed by atoms with E-state index in [2.05, 4.69) is 0 Å². The number of hydrogen-bond donors (Lipinski definition) is 1. The van der Waals surface area contributed by atoms with E-state index in [1.54, 1.807) is 4.57 Å². The summed E-state index contributed by atoms with van der Waals surface area (Å²) >= 11 is 6.63. The molecule has 2 aliphatic rings. The van der Waals surface area contributed by atoms with E-state index < -0.39 is 17.2 Å². The van der Waals surface area contributed by atoms with Crippen LogP contribution in [0.25, 0.3) is 10.9 Å². The van der Waals surface area contributed by atoms with Crippen molar-refractivity contribution < 1.29 is 14.3 Å². The van der Waals surface area contributed by atoms with E-state index in [0.717, 1.165) is 32.0 Å². The number of carboxylic acids is 1. The van der Waals surface area contributed by atoms with Crippen molar-refractivity contribution in [2.24, 2.45) is 5.41 Å². The van der Waals surface area contributed by atoms with Crippen LogP contribution in [0.2, 0.25) is 5.02 Å². The van der Waals surface area contributed by atoms with Crippen molar-refractivity contribution in [2.75, 3.05) is 18.0 Å². The maximum Gasteiger partial charge on any atom is 0.341 e. The zero-order valence-electron chi connectivity index (χ0n) is 15.9. The van der Waals surface area contributed by atoms with Gasteiger partial charge in [0.05, 0.1) is 21.6 Å². The number of aromatic carboxylic acids is 1. The van der Waals surface area contributed by atoms with Crippen LogP contribution < -0.4 is 10.3 Å². The Morgan fingerprint density at radius 1 is 1.25 bits per heavy atom. The molecule has 150 valence electrons. The van der Waals surface area contributed by atoms with E-state index in [1.807, 2.05) is 11.8 Å². The summed E-state index contributed by atoms with van der Waals surface area (Å²) in [7, 11) is 0. The van der Waals surface area contributed by atoms with Gasteiger partial charge in [-0.15, -0.1) is 0 Å². The number of nitrogens with zero attached hydrogens (tertiary/aromatic N) is 2. The van der Waals surface area contributed by atoms with Gasteiger partial charge in [0, 0.05) is 25.8 Å². The van der Waals surface area contributed by atoms with E-state index in [0.29, 0.717) is 23.2 Å². The molecule has 0 bridgehead atoms. The lowest BCUT2D eigenvalue weighted by Crippen LogP contribution is -2.39. The number of aromatic nitrogens is 1. The fourth-order valence-electron chi connectivity index (χ4n) is 5.00. The molecule has 1 aromatic carbocycles. The zero-order valence-corrected chi connectivity index (χ0v) is 16.7. The molecule has 2 fully saturated rings. The van der Waals surface area contributed by atoms with E-state index >= 15 is 4.39 Å². The van der Waals surface area contributed by atoms with E-state index in [9.17, 15) is 14.7 Å². The molecule has 0 radical (unpaired) electrons. The zero-order chi connectivity index (χ0) is 20.1. The lowest BCUT2D eigenvalue weighted by molar-refractivity contribution is 0.0695. The summed E-state index contributed by atoms with van der Waals surface area (Å²) < 4.78 is 16.7. The van der Waals surface area contributed by atoms with Gasteiger partial charge < -0.3 is 14.6 Å². The first kappa shape index (κ1) is 19.2. The van der Waals surface area contributed by atoms with Crippen molar-refractivity contribution >= 4 is 34.2 Å². The number of fused-ring (bicyclic) bond motifs is 1. The van der Waals surface area contributed by atoms with Crippen LogP contribution in [0.1, 0.15) is 55.8 Å². The van der Waals surface area contributed by atoms with Crippen LogP contribution in [-0.4, -0.2) is 28.7 Å². The Morgan fingerprint density at radius 2 is 1.89 bits per heavy atom. The van der Waals surface area contributed by atoms with Crippen molar-refractivity contribution in [1.82, 2.24) is 4.57 Å². The summed E-state index contributed by atoms with van der Waals surface area (Å²) in [5, 5.41) is 9.49. The second-order valence-corrected chi connectivity index (χ2v) is 8.45. The highest BCUT2D eigenvalue weighted by Crippen LogP contribution is 2.48. The number of rotatable bonds is 3. The first-order valence-corrected chi connectivity index (χ1v) is 10.3. The van der Waals surface area contributed by atoms with Crippen LogP contribution in [0.4, 0.5) is 10.1 Å². The number of piperidine rings is 1. The Kier molecular flexibility index (Phi) is 4.86. The lowest BCUT2D eigenvalue weighted by Gasteiger charge is -2.41. The van der Waals surface area contributed by atoms with Crippen molar-refractivity contribution in [3.05, 3.63) is 38.9 Å². The van der Waals surface area contributed by atoms with Crippen LogP contribution in [0.3, 0.4) is 0 Å². The smallest absolute Gasteiger partial charge is 0.341 e. The van der Waals surface area contributed by atoms with Gasteiger partial charge >= 0.3 is 5.97 Å². The van der Waals surface area contributed by atoms with Gasteiger partial charge in [-0.2, -0.15) is 0 Å². The van der Waals surface area contributed by atoms with Crippen LogP contribution in [0.15, 0.2) is 17.1 Å². The number of halogens is 2. The third kappa shape index (κ3) is 2.98. The molecule has 2 aromatic rings. The molecule has 4 rings (SSSR count). The average Bonchev–Trinajstić information content (AvgIpc) is 3.12. The summed E-state index contributed by atoms with van der Waals surface area (Å²) in [6.45, 7) is 3.74. The quantitative estimate of drug-likeness (QED) is 0.804. The van der Waals surface area contributed by atoms with Gasteiger partial charge in [-0.05, 0) is 44.1 Å². The van der Waals surface area contributed by atoms with Gasteiger partial charge in [0.2, 0.25) is 5.43 Å². The maximum atomic E-state index is 15.1. The first-order chi connectivity index (χ1) is 13.4. The molecule has 1 N–H and O–H groups in total. The predicted octanol–water partition coefficient (Wildman–Crippen LogP) is 4.67. The summed E-state index contributed by atoms with van der Waals surface area (Å²) in [6, 6.07) is 1.15. The Morgan fingerprint density at radius 3 is 2.46 bits per heavy atom. The highest BCUT2D eigenvalue weighted by molar-refractivity contribution is 6.38. The first-order valence-electron chi connectivity index (χ1n) is 9.90. The minimum atomic E-state index is -1.33. The molecule has 2 heterocycles. The minimum Gasteiger partial charge on any atom is -0.477 e. The Bertz CT molecular complexity index is 1000. The molecule has 1 saturated carbocycles. The van der Waals surface area contributed by atoms with Crippen molar-refractivity contribution in [3.8, 4) is 0 Å². The molecule has 7 heteroatoms. The minimum absolute atomic E-state index is 0.0114. The highest BCUT2D eigenvalue weighted by Gasteiger charge is 2.38. The lowest BCUT2D eigenvalue weighted by atomic mass is 9.77. The van der Waals surface area contributed by atoms with Crippen LogP contribution in [-0.2, 0) is 6.54 Å². The Hall–Kier alpha value is -2.08. The van der Waals surface area contributed by atoms with Crippen molar-refractivity contribution in [3.63, 3.8) is 0 Å². The maximum absolute atomic E-state index is 15.1. The molecular formula is C21H24ClFN2O3. The second kappa shape index (κ2) is 7.07. The predicted molar refractivity (Wildman–Crippen MR) is 108 cm³/mol. The average molecular weight is 407 g/mol. The molecule has 0 unspecified atom stereocenters. The molecule has 1 aliphatic heterocycles. The van der Waals surface area contributed by atoms with Gasteiger partial charge in [0.1, 0.15) is 11.4 Å². The number of hydrogen-bond acceptors (Lipinski definition) is 3. The third-order valence-electron chi connectivity index (χ3n) is 6.61. The SMILES string of the molecule is CCn1cc(C(=O)O)c(=O)c2cc(F)c(N3CCC4(CCCC4)CC3)c(Cl)c21. The van der Waals surface area contributed by atoms with E-state index in [4.69, 9.17) is 11.6 Å². The fraction of sp³-hybridized carbons (Fsp3) is 0.524. The van der Waals surface area contributed by atoms with Crippen LogP contribution in [0.5, 0.6) is 0 Å². The number of carbonyl (C=O) groups is 1. The molecular weight excluding hydrogens is 383 g/mol. The molecule has 1 spiro atoms. The third-order valence-corrected chi connectivity index (χ3v) is 6.96. The standard InChI is InChI=1S/C21H24ClFN2O3/c1-2-24-12-14(20(27)28)19(26)13-11-15(23)18(16(22)17(13)24)25-9-7-21(8-10-25)5-3-4-6-21/h11-12H,2-10H2,1H3,(H,27,28). The normalized spacial score (nSPS) is 18.9. The number of carboxylic acid groups (broad SMARTS) is 1. The summed E-state index contributed by atoms with van der Waals surface area (Å²) in [5.41, 5.74) is 0.0447. The second-order valence-electron chi connectivity index (χ2n) is 8.07. The number of anilines is 1. The van der Waals surface area contributed by atoms with E-state index in [-0.39, 0.29) is 16.0 Å². The van der Waals surface area contributed by atoms with Crippen molar-refractivity contribution in [1.29, 1.82) is 0 Å². The molecule has 1 aliphatic carbocycles. The van der Waals surface area contributed by atoms with E-state index in [1.165, 1.54) is 31.9 Å². The summed E-state index contributed by atoms with van der Waals surface area (Å²) in [6.07, 6.45) is 8.41. The molecule has 0 amide bonds. The highest BCUT2D eigenvalue weighted by atomic mass is 35.5. The van der Waals surface area contributed by atoms with Crippen molar-refractivity contribution in [2.45, 2.75) is 52.0 Å². The number of aryl methyl sites for hydroxylation is 1. The summed E-state index contributed by atoms with van der Waals surface area (Å²) in [5.74, 6) is -1.89. The van der Waals surface area contributed by atoms with Crippen LogP contribution >= 0.6 is 11.6 Å². The van der Waals surface area contributed by atoms with Gasteiger partial charge in [-0.25, -0.2) is 9.18 Å².